The van der Waals surface area contributed by atoms with E-state index in [0.29, 0.717) is 25.7 Å². The molecule has 0 aliphatic rings. The molecule has 0 amide bonds. The number of hydrogen-bond donors (Lipinski definition) is 2. The van der Waals surface area contributed by atoms with Crippen molar-refractivity contribution >= 4 is 35.6 Å². The van der Waals surface area contributed by atoms with Gasteiger partial charge in [-0.3, -0.25) is 4.98 Å². The molecule has 1 heterocycles. The normalized spacial score (nSPS) is 10.9. The quantitative estimate of drug-likeness (QED) is 0.271. The number of anilines is 1. The Kier molecular flexibility index (Phi) is 9.39. The number of guanidine groups is 1. The van der Waals surface area contributed by atoms with Crippen molar-refractivity contribution in [2.75, 3.05) is 12.4 Å². The van der Waals surface area contributed by atoms with Crippen molar-refractivity contribution in [3.8, 4) is 5.75 Å². The number of hydrogen-bond acceptors (Lipinski definition) is 4. The lowest BCUT2D eigenvalue weighted by Gasteiger charge is -2.11. The molecule has 0 unspecified atom stereocenters. The maximum Gasteiger partial charge on any atom is 0.193 e. The van der Waals surface area contributed by atoms with Crippen LogP contribution in [-0.2, 0) is 24.5 Å². The highest BCUT2D eigenvalue weighted by Gasteiger charge is 2.03. The largest absolute Gasteiger partial charge is 0.487 e. The molecule has 0 fully saturated rings. The average Bonchev–Trinajstić information content (AvgIpc) is 2.73. The third kappa shape index (κ3) is 7.35. The number of para-hydroxylation sites is 1. The van der Waals surface area contributed by atoms with Gasteiger partial charge in [0.15, 0.2) is 5.96 Å². The van der Waals surface area contributed by atoms with Crippen LogP contribution in [0, 0.1) is 0 Å². The molecule has 0 saturated heterocycles. The van der Waals surface area contributed by atoms with E-state index >= 15 is 0 Å². The Hall–Kier alpha value is -2.65. The Bertz CT molecular complexity index is 919. The van der Waals surface area contributed by atoms with Gasteiger partial charge in [0.25, 0.3) is 0 Å². The minimum absolute atomic E-state index is 0. The molecule has 3 rings (SSSR count). The molecule has 7 heteroatoms. The average molecular weight is 504 g/mol. The number of nitrogens with one attached hydrogen (secondary N) is 1. The second-order valence-corrected chi connectivity index (χ2v) is 6.17. The van der Waals surface area contributed by atoms with Crippen molar-refractivity contribution in [3.63, 3.8) is 0 Å². The number of aromatic nitrogens is 1. The van der Waals surface area contributed by atoms with Crippen molar-refractivity contribution in [2.45, 2.75) is 19.8 Å². The van der Waals surface area contributed by atoms with Gasteiger partial charge in [-0.15, -0.1) is 24.0 Å². The van der Waals surface area contributed by atoms with Crippen molar-refractivity contribution < 1.29 is 9.47 Å². The predicted octanol–water partition coefficient (Wildman–Crippen LogP) is 4.35. The van der Waals surface area contributed by atoms with E-state index in [1.165, 1.54) is 0 Å². The van der Waals surface area contributed by atoms with Crippen molar-refractivity contribution in [3.05, 3.63) is 89.7 Å². The zero-order chi connectivity index (χ0) is 19.6. The Morgan fingerprint density at radius 1 is 1.03 bits per heavy atom. The summed E-state index contributed by atoms with van der Waals surface area (Å²) in [6.45, 7) is 1.38. The molecular weight excluding hydrogens is 479 g/mol. The highest BCUT2D eigenvalue weighted by molar-refractivity contribution is 14.0. The van der Waals surface area contributed by atoms with Gasteiger partial charge in [-0.05, 0) is 35.9 Å². The van der Waals surface area contributed by atoms with Crippen LogP contribution in [0.3, 0.4) is 0 Å². The lowest BCUT2D eigenvalue weighted by Crippen LogP contribution is -2.23. The molecule has 0 saturated carbocycles. The molecule has 29 heavy (non-hydrogen) atoms. The SMILES string of the molecule is COCc1ccccc1NC(N)=NCc1cccc(OCc2ccccn2)c1.I. The van der Waals surface area contributed by atoms with Gasteiger partial charge in [0.1, 0.15) is 12.4 Å². The fourth-order valence-corrected chi connectivity index (χ4v) is 2.65. The van der Waals surface area contributed by atoms with E-state index in [1.54, 1.807) is 13.3 Å². The monoisotopic (exact) mass is 504 g/mol. The number of methoxy groups -OCH3 is 1. The minimum Gasteiger partial charge on any atom is -0.487 e. The van der Waals surface area contributed by atoms with E-state index in [0.717, 1.165) is 28.3 Å². The summed E-state index contributed by atoms with van der Waals surface area (Å²) in [4.78, 5) is 8.68. The molecule has 0 aliphatic carbocycles. The lowest BCUT2D eigenvalue weighted by atomic mass is 10.2. The summed E-state index contributed by atoms with van der Waals surface area (Å²) in [5.74, 6) is 1.12. The predicted molar refractivity (Wildman–Crippen MR) is 127 cm³/mol. The van der Waals surface area contributed by atoms with Gasteiger partial charge >= 0.3 is 0 Å². The second-order valence-electron chi connectivity index (χ2n) is 6.17. The standard InChI is InChI=1S/C22H24N4O2.HI/c1-27-15-18-8-2-3-11-21(18)26-22(23)25-14-17-7-6-10-20(13-17)28-16-19-9-4-5-12-24-19;/h2-13H,14-16H2,1H3,(H3,23,25,26);1H. The van der Waals surface area contributed by atoms with Crippen LogP contribution in [0.4, 0.5) is 5.69 Å². The van der Waals surface area contributed by atoms with Gasteiger partial charge in [0.2, 0.25) is 0 Å². The minimum atomic E-state index is 0. The number of aliphatic imine (C=N–C) groups is 1. The van der Waals surface area contributed by atoms with Gasteiger partial charge in [0, 0.05) is 24.6 Å². The fraction of sp³-hybridized carbons (Fsp3) is 0.182. The maximum atomic E-state index is 6.05. The van der Waals surface area contributed by atoms with E-state index in [1.807, 2.05) is 66.7 Å². The number of benzene rings is 2. The molecule has 152 valence electrons. The van der Waals surface area contributed by atoms with E-state index in [4.69, 9.17) is 15.2 Å². The van der Waals surface area contributed by atoms with Crippen LogP contribution in [0.1, 0.15) is 16.8 Å². The number of rotatable bonds is 8. The molecule has 3 aromatic rings. The van der Waals surface area contributed by atoms with E-state index in [-0.39, 0.29) is 24.0 Å². The molecular formula is C22H25IN4O2. The van der Waals surface area contributed by atoms with Gasteiger partial charge in [-0.1, -0.05) is 36.4 Å². The lowest BCUT2D eigenvalue weighted by molar-refractivity contribution is 0.185. The molecule has 3 N–H and O–H groups in total. The topological polar surface area (TPSA) is 81.8 Å². The first-order chi connectivity index (χ1) is 13.7. The summed E-state index contributed by atoms with van der Waals surface area (Å²) in [6.07, 6.45) is 1.75. The first-order valence-electron chi connectivity index (χ1n) is 9.00. The summed E-state index contributed by atoms with van der Waals surface area (Å²) >= 11 is 0. The molecule has 6 nitrogen and oxygen atoms in total. The smallest absolute Gasteiger partial charge is 0.193 e. The van der Waals surface area contributed by atoms with Gasteiger partial charge < -0.3 is 20.5 Å². The molecule has 0 bridgehead atoms. The number of pyridine rings is 1. The van der Waals surface area contributed by atoms with Crippen molar-refractivity contribution in [1.29, 1.82) is 0 Å². The highest BCUT2D eigenvalue weighted by atomic mass is 127. The van der Waals surface area contributed by atoms with Crippen LogP contribution in [0.25, 0.3) is 0 Å². The molecule has 0 atom stereocenters. The summed E-state index contributed by atoms with van der Waals surface area (Å²) in [6, 6.07) is 21.4. The third-order valence-electron chi connectivity index (χ3n) is 4.02. The van der Waals surface area contributed by atoms with E-state index < -0.39 is 0 Å². The fourth-order valence-electron chi connectivity index (χ4n) is 2.65. The van der Waals surface area contributed by atoms with Crippen molar-refractivity contribution in [2.24, 2.45) is 10.7 Å². The van der Waals surface area contributed by atoms with Crippen LogP contribution < -0.4 is 15.8 Å². The Labute approximate surface area is 188 Å². The highest BCUT2D eigenvalue weighted by Crippen LogP contribution is 2.17. The Morgan fingerprint density at radius 2 is 1.86 bits per heavy atom. The molecule has 0 spiro atoms. The van der Waals surface area contributed by atoms with Gasteiger partial charge in [-0.25, -0.2) is 4.99 Å². The van der Waals surface area contributed by atoms with E-state index in [9.17, 15) is 0 Å². The number of nitrogens with zero attached hydrogens (tertiary/aromatic N) is 2. The van der Waals surface area contributed by atoms with Crippen molar-refractivity contribution in [1.82, 2.24) is 4.98 Å². The molecule has 1 aromatic heterocycles. The number of nitrogens with two attached hydrogens (primary N) is 1. The van der Waals surface area contributed by atoms with Crippen LogP contribution in [0.5, 0.6) is 5.75 Å². The summed E-state index contributed by atoms with van der Waals surface area (Å²) < 4.78 is 11.0. The summed E-state index contributed by atoms with van der Waals surface area (Å²) in [5.41, 5.74) is 9.85. The Morgan fingerprint density at radius 3 is 2.66 bits per heavy atom. The molecule has 2 aromatic carbocycles. The van der Waals surface area contributed by atoms with Gasteiger partial charge in [-0.2, -0.15) is 0 Å². The molecule has 0 radical (unpaired) electrons. The molecule has 0 aliphatic heterocycles. The number of halogens is 1. The zero-order valence-corrected chi connectivity index (χ0v) is 18.6. The van der Waals surface area contributed by atoms with Gasteiger partial charge in [0.05, 0.1) is 18.8 Å². The Balaban J connectivity index is 0.00000300. The summed E-state index contributed by atoms with van der Waals surface area (Å²) in [7, 11) is 1.66. The van der Waals surface area contributed by atoms with Crippen LogP contribution in [0.2, 0.25) is 0 Å². The zero-order valence-electron chi connectivity index (χ0n) is 16.2. The summed E-state index contributed by atoms with van der Waals surface area (Å²) in [5, 5.41) is 3.14. The van der Waals surface area contributed by atoms with Crippen LogP contribution >= 0.6 is 24.0 Å². The third-order valence-corrected chi connectivity index (χ3v) is 4.02. The first-order valence-corrected chi connectivity index (χ1v) is 9.00. The first kappa shape index (κ1) is 22.6. The maximum absolute atomic E-state index is 6.05. The van der Waals surface area contributed by atoms with Crippen LogP contribution in [-0.4, -0.2) is 18.1 Å². The van der Waals surface area contributed by atoms with Crippen LogP contribution in [0.15, 0.2) is 77.9 Å². The van der Waals surface area contributed by atoms with E-state index in [2.05, 4.69) is 15.3 Å². The number of ether oxygens (including phenoxy) is 2. The second kappa shape index (κ2) is 12.0.